The van der Waals surface area contributed by atoms with Crippen LogP contribution in [0.5, 0.6) is 0 Å². The van der Waals surface area contributed by atoms with Crippen molar-refractivity contribution in [3.8, 4) is 0 Å². The Bertz CT molecular complexity index is 625. The number of pyridine rings is 1. The zero-order valence-corrected chi connectivity index (χ0v) is 14.6. The second-order valence-corrected chi connectivity index (χ2v) is 6.93. The maximum atomic E-state index is 5.90. The number of aromatic nitrogens is 1. The predicted molar refractivity (Wildman–Crippen MR) is 98.7 cm³/mol. The maximum absolute atomic E-state index is 5.90. The van der Waals surface area contributed by atoms with E-state index in [1.54, 1.807) is 18.0 Å². The summed E-state index contributed by atoms with van der Waals surface area (Å²) in [5, 5.41) is 0. The van der Waals surface area contributed by atoms with E-state index in [4.69, 9.17) is 9.47 Å². The van der Waals surface area contributed by atoms with Crippen molar-refractivity contribution in [2.24, 2.45) is 0 Å². The summed E-state index contributed by atoms with van der Waals surface area (Å²) < 4.78 is 11.5. The Kier molecular flexibility index (Phi) is 6.90. The number of thioether (sulfide) groups is 1. The molecule has 1 fully saturated rings. The Labute approximate surface area is 148 Å². The van der Waals surface area contributed by atoms with Crippen LogP contribution in [0.15, 0.2) is 64.7 Å². The van der Waals surface area contributed by atoms with Crippen LogP contribution in [0.1, 0.15) is 31.2 Å². The fourth-order valence-corrected chi connectivity index (χ4v) is 3.55. The highest BCUT2D eigenvalue weighted by Gasteiger charge is 2.14. The Balaban J connectivity index is 1.61. The molecule has 0 aliphatic carbocycles. The molecule has 0 N–H and O–H groups in total. The number of rotatable bonds is 7. The third kappa shape index (κ3) is 5.78. The molecule has 0 radical (unpaired) electrons. The van der Waals surface area contributed by atoms with Crippen LogP contribution in [-0.4, -0.2) is 24.5 Å². The Morgan fingerprint density at radius 3 is 2.88 bits per heavy atom. The molecule has 1 atom stereocenters. The number of nitrogens with zero attached hydrogens (tertiary/aromatic N) is 1. The lowest BCUT2D eigenvalue weighted by Crippen LogP contribution is -2.22. The molecule has 3 rings (SSSR count). The summed E-state index contributed by atoms with van der Waals surface area (Å²) in [6.07, 6.45) is 10.1. The molecule has 1 aliphatic heterocycles. The average molecular weight is 341 g/mol. The van der Waals surface area contributed by atoms with E-state index in [9.17, 15) is 0 Å². The van der Waals surface area contributed by atoms with Crippen LogP contribution < -0.4 is 0 Å². The number of hydrogen-bond acceptors (Lipinski definition) is 4. The molecule has 126 valence electrons. The summed E-state index contributed by atoms with van der Waals surface area (Å²) in [4.78, 5) is 6.70. The first-order valence-corrected chi connectivity index (χ1v) is 9.28. The highest BCUT2D eigenvalue weighted by molar-refractivity contribution is 8.03. The van der Waals surface area contributed by atoms with E-state index in [1.165, 1.54) is 16.2 Å². The van der Waals surface area contributed by atoms with Crippen molar-refractivity contribution < 1.29 is 9.47 Å². The first-order valence-electron chi connectivity index (χ1n) is 8.47. The fourth-order valence-electron chi connectivity index (χ4n) is 2.57. The van der Waals surface area contributed by atoms with Crippen LogP contribution >= 0.6 is 11.8 Å². The highest BCUT2D eigenvalue weighted by atomic mass is 32.2. The van der Waals surface area contributed by atoms with E-state index < -0.39 is 0 Å². The van der Waals surface area contributed by atoms with Crippen LogP contribution in [-0.2, 0) is 9.47 Å². The second kappa shape index (κ2) is 9.62. The van der Waals surface area contributed by atoms with E-state index in [0.29, 0.717) is 6.61 Å². The lowest BCUT2D eigenvalue weighted by atomic mass is 10.2. The van der Waals surface area contributed by atoms with Gasteiger partial charge in [-0.1, -0.05) is 36.0 Å². The van der Waals surface area contributed by atoms with Gasteiger partial charge >= 0.3 is 0 Å². The first kappa shape index (κ1) is 17.2. The lowest BCUT2D eigenvalue weighted by Gasteiger charge is -2.22. The summed E-state index contributed by atoms with van der Waals surface area (Å²) >= 11 is 1.78. The van der Waals surface area contributed by atoms with Gasteiger partial charge in [0.1, 0.15) is 0 Å². The zero-order chi connectivity index (χ0) is 16.5. The maximum Gasteiger partial charge on any atom is 0.157 e. The Morgan fingerprint density at radius 1 is 1.21 bits per heavy atom. The van der Waals surface area contributed by atoms with Crippen molar-refractivity contribution >= 4 is 17.8 Å². The van der Waals surface area contributed by atoms with Crippen LogP contribution in [0, 0.1) is 0 Å². The molecular weight excluding hydrogens is 318 g/mol. The fraction of sp³-hybridized carbons (Fsp3) is 0.350. The molecule has 24 heavy (non-hydrogen) atoms. The summed E-state index contributed by atoms with van der Waals surface area (Å²) in [6.45, 7) is 1.50. The molecule has 0 saturated carbocycles. The topological polar surface area (TPSA) is 31.4 Å². The van der Waals surface area contributed by atoms with Crippen molar-refractivity contribution in [3.05, 3.63) is 65.3 Å². The molecule has 1 unspecified atom stereocenters. The lowest BCUT2D eigenvalue weighted by molar-refractivity contribution is -0.161. The molecule has 1 saturated heterocycles. The van der Waals surface area contributed by atoms with E-state index >= 15 is 0 Å². The van der Waals surface area contributed by atoms with Crippen molar-refractivity contribution in [3.63, 3.8) is 0 Å². The predicted octanol–water partition coefficient (Wildman–Crippen LogP) is 5.15. The van der Waals surface area contributed by atoms with E-state index in [-0.39, 0.29) is 6.29 Å². The smallest absolute Gasteiger partial charge is 0.157 e. The molecule has 0 amide bonds. The van der Waals surface area contributed by atoms with E-state index in [0.717, 1.165) is 31.4 Å². The molecule has 2 heterocycles. The van der Waals surface area contributed by atoms with Gasteiger partial charge in [-0.3, -0.25) is 4.98 Å². The summed E-state index contributed by atoms with van der Waals surface area (Å²) in [7, 11) is 0. The second-order valence-electron chi connectivity index (χ2n) is 5.73. The van der Waals surface area contributed by atoms with Crippen LogP contribution in [0.4, 0.5) is 0 Å². The van der Waals surface area contributed by atoms with E-state index in [2.05, 4.69) is 41.4 Å². The molecule has 0 spiro atoms. The SMILES string of the molecule is C(=C(\CCOC1CCCCO1)Sc1ccccc1)/c1cccnc1. The standard InChI is InChI=1S/C20H23NO2S/c1-2-8-18(9-3-1)24-19(15-17-7-6-12-21-16-17)11-14-23-20-10-4-5-13-22-20/h1-3,6-9,12,15-16,20H,4-5,10-11,13-14H2/b19-15-. The summed E-state index contributed by atoms with van der Waals surface area (Å²) in [5.74, 6) is 0. The normalized spacial score (nSPS) is 18.5. The third-order valence-electron chi connectivity index (χ3n) is 3.79. The van der Waals surface area contributed by atoms with Crippen LogP contribution in [0.25, 0.3) is 6.08 Å². The number of ether oxygens (including phenoxy) is 2. The van der Waals surface area contributed by atoms with Gasteiger partial charge in [0.15, 0.2) is 6.29 Å². The van der Waals surface area contributed by atoms with Crippen molar-refractivity contribution in [1.29, 1.82) is 0 Å². The van der Waals surface area contributed by atoms with E-state index in [1.807, 2.05) is 18.3 Å². The number of benzene rings is 1. The van der Waals surface area contributed by atoms with Gasteiger partial charge in [0, 0.05) is 30.3 Å². The van der Waals surface area contributed by atoms with Crippen molar-refractivity contribution in [2.75, 3.05) is 13.2 Å². The van der Waals surface area contributed by atoms with Gasteiger partial charge in [-0.05, 0) is 54.0 Å². The molecule has 3 nitrogen and oxygen atoms in total. The molecule has 1 aliphatic rings. The van der Waals surface area contributed by atoms with Crippen molar-refractivity contribution in [1.82, 2.24) is 4.98 Å². The zero-order valence-electron chi connectivity index (χ0n) is 13.8. The van der Waals surface area contributed by atoms with Gasteiger partial charge in [-0.2, -0.15) is 0 Å². The summed E-state index contributed by atoms with van der Waals surface area (Å²) in [5.41, 5.74) is 1.12. The third-order valence-corrected chi connectivity index (χ3v) is 4.89. The van der Waals surface area contributed by atoms with Gasteiger partial charge in [0.25, 0.3) is 0 Å². The minimum absolute atomic E-state index is 0.0277. The van der Waals surface area contributed by atoms with Gasteiger partial charge in [-0.25, -0.2) is 0 Å². The first-order chi connectivity index (χ1) is 11.9. The minimum Gasteiger partial charge on any atom is -0.353 e. The Morgan fingerprint density at radius 2 is 2.12 bits per heavy atom. The molecule has 1 aromatic carbocycles. The number of hydrogen-bond donors (Lipinski definition) is 0. The molecular formula is C20H23NO2S. The highest BCUT2D eigenvalue weighted by Crippen LogP contribution is 2.30. The largest absolute Gasteiger partial charge is 0.353 e. The molecule has 0 bridgehead atoms. The van der Waals surface area contributed by atoms with Gasteiger partial charge in [0.2, 0.25) is 0 Å². The van der Waals surface area contributed by atoms with Crippen molar-refractivity contribution in [2.45, 2.75) is 36.9 Å². The van der Waals surface area contributed by atoms with Crippen LogP contribution in [0.3, 0.4) is 0 Å². The quantitative estimate of drug-likeness (QED) is 0.652. The molecule has 1 aromatic heterocycles. The van der Waals surface area contributed by atoms with Gasteiger partial charge in [-0.15, -0.1) is 0 Å². The van der Waals surface area contributed by atoms with Gasteiger partial charge < -0.3 is 9.47 Å². The summed E-state index contributed by atoms with van der Waals surface area (Å²) in [6, 6.07) is 14.5. The minimum atomic E-state index is -0.0277. The van der Waals surface area contributed by atoms with Crippen LogP contribution in [0.2, 0.25) is 0 Å². The molecule has 4 heteroatoms. The average Bonchev–Trinajstić information content (AvgIpc) is 2.64. The Hall–Kier alpha value is -1.62. The monoisotopic (exact) mass is 341 g/mol. The molecule has 2 aromatic rings. The van der Waals surface area contributed by atoms with Gasteiger partial charge in [0.05, 0.1) is 6.61 Å².